The van der Waals surface area contributed by atoms with Crippen molar-refractivity contribution in [3.63, 3.8) is 0 Å². The molecular weight excluding hydrogens is 1270 g/mol. The SMILES string of the molecule is Cc1ccccc1N1c2cc3c(cc2B2c4cc5c(cc4Oc4cc(N(c6ccccc6)c6ccccc6)cc1c42)N(c1ccccc1C)c1cc(N(c2ccccc2)c2ccccc2)cc2c1B5c1ccccc1O2)B1c2ccccc2Oc2cc(N(c4ccccc4)c4ccccc4)cc(c21)O3. The second kappa shape index (κ2) is 23.7. The molecule has 0 amide bonds. The standard InChI is InChI=1S/C92H62B3N5O4/c1-59-29-21-25-45-76(59)99-78-57-85-75(55-72(78)93-70-43-23-27-47-82(70)101-86-51-67(49-80(99)90(86)93)96(61-31-9-3-10-32-61)62-33-11-4-12-34-62)95-73-56-74-84(104-89-54-69(53-88-92(89)94(74)71-44-24-28-48-83(71)102-88)98(65-39-17-7-18-40-65)66-41-19-8-20-42-66)58-79(73)100(77-46-26-22-30-60(77)2)81-50-68(52-87(103-85)91(81)95)97(63-35-13-5-14-36-63)64-37-15-6-16-38-64/h3-58H,1-2H3. The largest absolute Gasteiger partial charge is 0.458 e. The molecule has 21 rings (SSSR count). The van der Waals surface area contributed by atoms with E-state index in [1.165, 1.54) is 0 Å². The molecule has 0 fully saturated rings. The molecule has 15 aromatic carbocycles. The molecule has 0 aliphatic carbocycles. The molecule has 488 valence electrons. The van der Waals surface area contributed by atoms with E-state index >= 15 is 0 Å². The Morgan fingerprint density at radius 2 is 0.481 bits per heavy atom. The first kappa shape index (κ1) is 59.5. The first-order valence-electron chi connectivity index (χ1n) is 35.6. The molecule has 6 heterocycles. The van der Waals surface area contributed by atoms with E-state index < -0.39 is 0 Å². The van der Waals surface area contributed by atoms with Crippen LogP contribution in [0.2, 0.25) is 0 Å². The van der Waals surface area contributed by atoms with E-state index in [1.54, 1.807) is 0 Å². The van der Waals surface area contributed by atoms with E-state index in [-0.39, 0.29) is 20.1 Å². The molecule has 0 bridgehead atoms. The van der Waals surface area contributed by atoms with Gasteiger partial charge < -0.3 is 43.4 Å². The number of nitrogens with zero attached hydrogens (tertiary/aromatic N) is 5. The summed E-state index contributed by atoms with van der Waals surface area (Å²) in [5.41, 5.74) is 27.1. The molecule has 9 nitrogen and oxygen atoms in total. The number of ether oxygens (including phenoxy) is 4. The Labute approximate surface area is 605 Å². The predicted molar refractivity (Wildman–Crippen MR) is 429 cm³/mol. The molecule has 0 unspecified atom stereocenters. The van der Waals surface area contributed by atoms with Crippen molar-refractivity contribution in [1.82, 2.24) is 0 Å². The van der Waals surface area contributed by atoms with Crippen molar-refractivity contribution in [3.05, 3.63) is 351 Å². The van der Waals surface area contributed by atoms with Gasteiger partial charge in [0.05, 0.1) is 17.1 Å². The lowest BCUT2D eigenvalue weighted by Gasteiger charge is -2.44. The highest BCUT2D eigenvalue weighted by atomic mass is 16.5. The van der Waals surface area contributed by atoms with Crippen LogP contribution in [0.3, 0.4) is 0 Å². The molecule has 15 aromatic rings. The zero-order valence-electron chi connectivity index (χ0n) is 56.9. The molecular formula is C92H62B3N5O4. The van der Waals surface area contributed by atoms with Crippen molar-refractivity contribution < 1.29 is 18.9 Å². The first-order valence-corrected chi connectivity index (χ1v) is 35.6. The summed E-state index contributed by atoms with van der Waals surface area (Å²) in [6, 6.07) is 122. The van der Waals surface area contributed by atoms with Crippen LogP contribution in [0.1, 0.15) is 11.1 Å². The number of hydrogen-bond donors (Lipinski definition) is 0. The van der Waals surface area contributed by atoms with Gasteiger partial charge in [0.25, 0.3) is 20.1 Å². The summed E-state index contributed by atoms with van der Waals surface area (Å²) in [4.78, 5) is 11.9. The van der Waals surface area contributed by atoms with Crippen molar-refractivity contribution in [1.29, 1.82) is 0 Å². The second-order valence-corrected chi connectivity index (χ2v) is 27.6. The summed E-state index contributed by atoms with van der Waals surface area (Å²) in [6.45, 7) is 3.55. The molecule has 6 aliphatic heterocycles. The number of fused-ring (bicyclic) bond motifs is 12. The van der Waals surface area contributed by atoms with Gasteiger partial charge in [-0.2, -0.15) is 0 Å². The minimum Gasteiger partial charge on any atom is -0.458 e. The number of aryl methyl sites for hydroxylation is 2. The highest BCUT2D eigenvalue weighted by molar-refractivity contribution is 7.03. The number of hydrogen-bond acceptors (Lipinski definition) is 9. The average Bonchev–Trinajstić information content (AvgIpc) is 0.690. The number of benzene rings is 15. The summed E-state index contributed by atoms with van der Waals surface area (Å²) >= 11 is 0. The van der Waals surface area contributed by atoms with Gasteiger partial charge in [0.1, 0.15) is 46.0 Å². The predicted octanol–water partition coefficient (Wildman–Crippen LogP) is 18.3. The lowest BCUT2D eigenvalue weighted by molar-refractivity contribution is 0.465. The van der Waals surface area contributed by atoms with E-state index in [0.29, 0.717) is 0 Å². The van der Waals surface area contributed by atoms with E-state index in [9.17, 15) is 0 Å². The van der Waals surface area contributed by atoms with Gasteiger partial charge in [-0.15, -0.1) is 0 Å². The van der Waals surface area contributed by atoms with Crippen LogP contribution in [0.25, 0.3) is 0 Å². The third kappa shape index (κ3) is 9.31. The maximum absolute atomic E-state index is 7.95. The monoisotopic (exact) mass is 1330 g/mol. The second-order valence-electron chi connectivity index (χ2n) is 27.6. The van der Waals surface area contributed by atoms with Crippen LogP contribution in [-0.2, 0) is 0 Å². The lowest BCUT2D eigenvalue weighted by Crippen LogP contribution is -2.64. The van der Waals surface area contributed by atoms with Gasteiger partial charge in [-0.3, -0.25) is 0 Å². The first-order chi connectivity index (χ1) is 51.4. The Bertz CT molecular complexity index is 5860. The van der Waals surface area contributed by atoms with E-state index in [4.69, 9.17) is 18.9 Å². The van der Waals surface area contributed by atoms with Crippen molar-refractivity contribution in [2.45, 2.75) is 13.8 Å². The molecule has 6 aliphatic rings. The Morgan fingerprint density at radius 1 is 0.202 bits per heavy atom. The Morgan fingerprint density at radius 3 is 0.837 bits per heavy atom. The number of para-hydroxylation sites is 10. The van der Waals surface area contributed by atoms with Gasteiger partial charge >= 0.3 is 0 Å². The molecule has 0 spiro atoms. The molecule has 0 atom stereocenters. The smallest absolute Gasteiger partial charge is 0.260 e. The van der Waals surface area contributed by atoms with Crippen LogP contribution in [0.5, 0.6) is 46.0 Å². The number of anilines is 15. The fraction of sp³-hybridized carbons (Fsp3) is 0.0217. The third-order valence-corrected chi connectivity index (χ3v) is 21.6. The van der Waals surface area contributed by atoms with Crippen molar-refractivity contribution in [2.24, 2.45) is 0 Å². The van der Waals surface area contributed by atoms with Crippen molar-refractivity contribution in [2.75, 3.05) is 24.5 Å². The lowest BCUT2D eigenvalue weighted by atomic mass is 9.29. The van der Waals surface area contributed by atoms with Crippen molar-refractivity contribution in [3.8, 4) is 46.0 Å². The van der Waals surface area contributed by atoms with Gasteiger partial charge in [0.15, 0.2) is 0 Å². The molecule has 0 aromatic heterocycles. The van der Waals surface area contributed by atoms with Crippen LogP contribution in [-0.4, -0.2) is 20.1 Å². The molecule has 0 N–H and O–H groups in total. The fourth-order valence-electron chi connectivity index (χ4n) is 17.2. The Hall–Kier alpha value is -13.3. The van der Waals surface area contributed by atoms with E-state index in [2.05, 4.69) is 378 Å². The molecule has 104 heavy (non-hydrogen) atoms. The maximum atomic E-state index is 7.95. The highest BCUT2D eigenvalue weighted by Gasteiger charge is 2.50. The third-order valence-electron chi connectivity index (χ3n) is 21.6. The van der Waals surface area contributed by atoms with Gasteiger partial charge in [-0.05, 0) is 178 Å². The van der Waals surface area contributed by atoms with Gasteiger partial charge in [-0.1, -0.05) is 194 Å². The normalized spacial score (nSPS) is 13.1. The average molecular weight is 1330 g/mol. The van der Waals surface area contributed by atoms with Crippen LogP contribution >= 0.6 is 0 Å². The van der Waals surface area contributed by atoms with Crippen LogP contribution < -0.4 is 92.6 Å². The summed E-state index contributed by atoms with van der Waals surface area (Å²) in [7, 11) is 0. The highest BCUT2D eigenvalue weighted by Crippen LogP contribution is 2.52. The summed E-state index contributed by atoms with van der Waals surface area (Å²) in [5.74, 6) is 6.24. The molecule has 0 saturated heterocycles. The Kier molecular flexibility index (Phi) is 13.5. The number of rotatable bonds is 11. The molecule has 0 saturated carbocycles. The van der Waals surface area contributed by atoms with Crippen LogP contribution in [0, 0.1) is 13.8 Å². The summed E-state index contributed by atoms with van der Waals surface area (Å²) in [5, 5.41) is 0. The van der Waals surface area contributed by atoms with Crippen LogP contribution in [0.15, 0.2) is 340 Å². The fourth-order valence-corrected chi connectivity index (χ4v) is 17.2. The summed E-state index contributed by atoms with van der Waals surface area (Å²) < 4.78 is 30.1. The van der Waals surface area contributed by atoms with Gasteiger partial charge in [-0.25, -0.2) is 0 Å². The zero-order valence-corrected chi connectivity index (χ0v) is 56.9. The zero-order chi connectivity index (χ0) is 68.7. The van der Waals surface area contributed by atoms with E-state index in [1.807, 2.05) is 0 Å². The van der Waals surface area contributed by atoms with Gasteiger partial charge in [0, 0.05) is 110 Å². The topological polar surface area (TPSA) is 53.1 Å². The Balaban J connectivity index is 0.839. The van der Waals surface area contributed by atoms with Gasteiger partial charge in [0.2, 0.25) is 0 Å². The summed E-state index contributed by atoms with van der Waals surface area (Å²) in [6.07, 6.45) is 0. The maximum Gasteiger partial charge on any atom is 0.260 e. The van der Waals surface area contributed by atoms with Crippen LogP contribution in [0.4, 0.5) is 85.3 Å². The van der Waals surface area contributed by atoms with E-state index in [0.717, 1.165) is 192 Å². The quantitative estimate of drug-likeness (QED) is 0.118. The van der Waals surface area contributed by atoms with Crippen molar-refractivity contribution >= 4 is 155 Å². The minimum absolute atomic E-state index is 0.253. The molecule has 0 radical (unpaired) electrons. The minimum atomic E-state index is -0.371. The molecule has 12 heteroatoms.